The summed E-state index contributed by atoms with van der Waals surface area (Å²) in [6.07, 6.45) is 0. The molecule has 24 heavy (non-hydrogen) atoms. The van der Waals surface area contributed by atoms with Crippen molar-refractivity contribution in [3.63, 3.8) is 0 Å². The van der Waals surface area contributed by atoms with E-state index in [-0.39, 0.29) is 0 Å². The van der Waals surface area contributed by atoms with Gasteiger partial charge in [0.1, 0.15) is 5.84 Å². The van der Waals surface area contributed by atoms with E-state index in [4.69, 9.17) is 27.6 Å². The predicted molar refractivity (Wildman–Crippen MR) is 94.6 cm³/mol. The van der Waals surface area contributed by atoms with Crippen molar-refractivity contribution in [2.24, 2.45) is 4.99 Å². The largest absolute Gasteiger partial charge is 0.416 e. The molecule has 1 aromatic heterocycles. The minimum atomic E-state index is 0.398. The summed E-state index contributed by atoms with van der Waals surface area (Å²) in [7, 11) is 0. The molecule has 7 heteroatoms. The Morgan fingerprint density at radius 1 is 0.833 bits per heavy atom. The van der Waals surface area contributed by atoms with Crippen LogP contribution in [0.2, 0.25) is 10.0 Å². The van der Waals surface area contributed by atoms with Gasteiger partial charge in [0.15, 0.2) is 0 Å². The molecule has 120 valence electrons. The first-order chi connectivity index (χ1) is 11.7. The minimum Gasteiger partial charge on any atom is -0.416 e. The highest BCUT2D eigenvalue weighted by Crippen LogP contribution is 2.29. The maximum atomic E-state index is 6.03. The average Bonchev–Trinajstić information content (AvgIpc) is 3.29. The zero-order chi connectivity index (χ0) is 16.5. The minimum absolute atomic E-state index is 0.398. The van der Waals surface area contributed by atoms with Crippen LogP contribution in [0.1, 0.15) is 5.56 Å². The maximum Gasteiger partial charge on any atom is 0.248 e. The highest BCUT2D eigenvalue weighted by molar-refractivity contribution is 6.42. The topological polar surface area (TPSA) is 63.3 Å². The Labute approximate surface area is 148 Å². The summed E-state index contributed by atoms with van der Waals surface area (Å²) >= 11 is 12.0. The quantitative estimate of drug-likeness (QED) is 0.766. The smallest absolute Gasteiger partial charge is 0.248 e. The molecule has 0 radical (unpaired) electrons. The van der Waals surface area contributed by atoms with Crippen molar-refractivity contribution in [2.75, 3.05) is 13.1 Å². The summed E-state index contributed by atoms with van der Waals surface area (Å²) in [5.74, 6) is 1.77. The van der Waals surface area contributed by atoms with E-state index >= 15 is 0 Å². The molecule has 0 amide bonds. The first kappa shape index (κ1) is 15.2. The number of amidine groups is 1. The summed E-state index contributed by atoms with van der Waals surface area (Å²) in [6, 6.07) is 13.0. The van der Waals surface area contributed by atoms with Gasteiger partial charge >= 0.3 is 0 Å². The van der Waals surface area contributed by atoms with Crippen molar-refractivity contribution >= 4 is 29.0 Å². The number of nitrogens with one attached hydrogen (secondary N) is 1. The Bertz CT molecular complexity index is 919. The number of halogens is 2. The highest BCUT2D eigenvalue weighted by Gasteiger charge is 2.13. The fourth-order valence-electron chi connectivity index (χ4n) is 2.45. The SMILES string of the molecule is Clc1ccc(-c2nnc(-c3ccc(C4=NCCN4)cc3)o2)cc1Cl. The van der Waals surface area contributed by atoms with Gasteiger partial charge in [0.2, 0.25) is 11.8 Å². The third-order valence-electron chi connectivity index (χ3n) is 3.67. The van der Waals surface area contributed by atoms with E-state index in [2.05, 4.69) is 20.5 Å². The van der Waals surface area contributed by atoms with E-state index in [0.717, 1.165) is 35.6 Å². The number of nitrogens with zero attached hydrogens (tertiary/aromatic N) is 3. The molecule has 0 aliphatic carbocycles. The van der Waals surface area contributed by atoms with E-state index in [0.29, 0.717) is 21.8 Å². The van der Waals surface area contributed by atoms with Crippen molar-refractivity contribution in [1.82, 2.24) is 15.5 Å². The molecule has 0 saturated carbocycles. The van der Waals surface area contributed by atoms with Gasteiger partial charge in [0, 0.05) is 23.2 Å². The third-order valence-corrected chi connectivity index (χ3v) is 4.41. The van der Waals surface area contributed by atoms with Crippen molar-refractivity contribution in [2.45, 2.75) is 0 Å². The number of hydrogen-bond donors (Lipinski definition) is 1. The number of rotatable bonds is 3. The second-order valence-electron chi connectivity index (χ2n) is 5.28. The number of aromatic nitrogens is 2. The molecule has 4 rings (SSSR count). The molecule has 0 atom stereocenters. The molecule has 0 bridgehead atoms. The summed E-state index contributed by atoms with van der Waals surface area (Å²) < 4.78 is 5.75. The van der Waals surface area contributed by atoms with Crippen LogP contribution < -0.4 is 5.32 Å². The highest BCUT2D eigenvalue weighted by atomic mass is 35.5. The first-order valence-corrected chi connectivity index (χ1v) is 8.14. The third kappa shape index (κ3) is 2.88. The number of aliphatic imine (C=N–C) groups is 1. The van der Waals surface area contributed by atoms with Gasteiger partial charge in [-0.05, 0) is 30.3 Å². The normalized spacial score (nSPS) is 13.7. The molecule has 1 aliphatic heterocycles. The molecule has 2 aromatic carbocycles. The van der Waals surface area contributed by atoms with E-state index in [9.17, 15) is 0 Å². The van der Waals surface area contributed by atoms with Gasteiger partial charge in [-0.1, -0.05) is 35.3 Å². The Kier molecular flexibility index (Phi) is 3.96. The first-order valence-electron chi connectivity index (χ1n) is 7.39. The van der Waals surface area contributed by atoms with Gasteiger partial charge < -0.3 is 9.73 Å². The summed E-state index contributed by atoms with van der Waals surface area (Å²) in [4.78, 5) is 4.40. The van der Waals surface area contributed by atoms with Crippen LogP contribution in [-0.4, -0.2) is 29.1 Å². The summed E-state index contributed by atoms with van der Waals surface area (Å²) in [5, 5.41) is 12.4. The number of hydrogen-bond acceptors (Lipinski definition) is 5. The van der Waals surface area contributed by atoms with E-state index in [1.165, 1.54) is 0 Å². The van der Waals surface area contributed by atoms with Crippen molar-refractivity contribution in [1.29, 1.82) is 0 Å². The Balaban J connectivity index is 1.61. The van der Waals surface area contributed by atoms with E-state index < -0.39 is 0 Å². The molecular weight excluding hydrogens is 347 g/mol. The Morgan fingerprint density at radius 3 is 2.17 bits per heavy atom. The molecule has 3 aromatic rings. The molecule has 0 fully saturated rings. The second kappa shape index (κ2) is 6.26. The lowest BCUT2D eigenvalue weighted by Gasteiger charge is -2.02. The fourth-order valence-corrected chi connectivity index (χ4v) is 2.75. The van der Waals surface area contributed by atoms with E-state index in [1.807, 2.05) is 24.3 Å². The lowest BCUT2D eigenvalue weighted by molar-refractivity contribution is 0.584. The molecule has 2 heterocycles. The van der Waals surface area contributed by atoms with Gasteiger partial charge in [-0.2, -0.15) is 0 Å². The molecule has 0 saturated heterocycles. The zero-order valence-electron chi connectivity index (χ0n) is 12.5. The molecule has 0 spiro atoms. The predicted octanol–water partition coefficient (Wildman–Crippen LogP) is 4.06. The van der Waals surface area contributed by atoms with Crippen LogP contribution in [-0.2, 0) is 0 Å². The van der Waals surface area contributed by atoms with Crippen LogP contribution >= 0.6 is 23.2 Å². The van der Waals surface area contributed by atoms with Crippen LogP contribution in [0.5, 0.6) is 0 Å². The molecule has 0 unspecified atom stereocenters. The van der Waals surface area contributed by atoms with Gasteiger partial charge in [0.25, 0.3) is 0 Å². The average molecular weight is 359 g/mol. The van der Waals surface area contributed by atoms with Crippen LogP contribution in [0.25, 0.3) is 22.9 Å². The standard InChI is InChI=1S/C17H12Cl2N4O/c18-13-6-5-12(9-14(13)19)17-23-22-16(24-17)11-3-1-10(2-4-11)15-20-7-8-21-15/h1-6,9H,7-8H2,(H,20,21). The second-order valence-corrected chi connectivity index (χ2v) is 6.09. The lowest BCUT2D eigenvalue weighted by atomic mass is 10.1. The summed E-state index contributed by atoms with van der Waals surface area (Å²) in [6.45, 7) is 1.70. The maximum absolute atomic E-state index is 6.03. The van der Waals surface area contributed by atoms with Gasteiger partial charge in [-0.25, -0.2) is 0 Å². The molecule has 1 aliphatic rings. The fraction of sp³-hybridized carbons (Fsp3) is 0.118. The van der Waals surface area contributed by atoms with Crippen LogP contribution in [0.15, 0.2) is 51.9 Å². The van der Waals surface area contributed by atoms with Crippen molar-refractivity contribution in [3.8, 4) is 22.9 Å². The number of benzene rings is 2. The van der Waals surface area contributed by atoms with Gasteiger partial charge in [0.05, 0.1) is 16.6 Å². The van der Waals surface area contributed by atoms with Gasteiger partial charge in [-0.15, -0.1) is 10.2 Å². The van der Waals surface area contributed by atoms with Crippen molar-refractivity contribution in [3.05, 3.63) is 58.1 Å². The summed E-state index contributed by atoms with van der Waals surface area (Å²) in [5.41, 5.74) is 2.61. The van der Waals surface area contributed by atoms with Gasteiger partial charge in [-0.3, -0.25) is 4.99 Å². The monoisotopic (exact) mass is 358 g/mol. The van der Waals surface area contributed by atoms with E-state index in [1.54, 1.807) is 18.2 Å². The van der Waals surface area contributed by atoms with Crippen LogP contribution in [0.4, 0.5) is 0 Å². The zero-order valence-corrected chi connectivity index (χ0v) is 14.0. The van der Waals surface area contributed by atoms with Crippen molar-refractivity contribution < 1.29 is 4.42 Å². The molecule has 1 N–H and O–H groups in total. The van der Waals surface area contributed by atoms with Crippen LogP contribution in [0.3, 0.4) is 0 Å². The Morgan fingerprint density at radius 2 is 1.50 bits per heavy atom. The van der Waals surface area contributed by atoms with Crippen LogP contribution in [0, 0.1) is 0 Å². The lowest BCUT2D eigenvalue weighted by Crippen LogP contribution is -2.19. The Hall–Kier alpha value is -2.37. The molecular formula is C17H12Cl2N4O. The molecule has 5 nitrogen and oxygen atoms in total.